The van der Waals surface area contributed by atoms with E-state index in [2.05, 4.69) is 5.32 Å². The fraction of sp³-hybridized carbons (Fsp3) is 0.316. The first-order valence-corrected chi connectivity index (χ1v) is 8.45. The van der Waals surface area contributed by atoms with E-state index in [1.54, 1.807) is 31.4 Å². The van der Waals surface area contributed by atoms with Gasteiger partial charge < -0.3 is 19.9 Å². The summed E-state index contributed by atoms with van der Waals surface area (Å²) in [5, 5.41) is 13.5. The molecule has 2 atom stereocenters. The summed E-state index contributed by atoms with van der Waals surface area (Å²) in [6.45, 7) is 0.444. The van der Waals surface area contributed by atoms with E-state index in [0.29, 0.717) is 23.6 Å². The molecule has 2 N–H and O–H groups in total. The van der Waals surface area contributed by atoms with Crippen molar-refractivity contribution in [3.05, 3.63) is 58.6 Å². The van der Waals surface area contributed by atoms with Crippen molar-refractivity contribution in [2.75, 3.05) is 20.3 Å². The standard InChI is InChI=1S/C19H20ClNO4/c1-24-16-5-6-18-13(9-16)7-14(11-25-18)19(23)21-10-17(22)12-3-2-4-15(20)8-12/h2-6,8-9,14,17,22H,7,10-11H2,1H3,(H,21,23)/t14?,17-/m0/s1. The highest BCUT2D eigenvalue weighted by atomic mass is 35.5. The number of carbonyl (C=O) groups is 1. The van der Waals surface area contributed by atoms with Crippen LogP contribution < -0.4 is 14.8 Å². The third-order valence-electron chi connectivity index (χ3n) is 4.25. The number of halogens is 1. The highest BCUT2D eigenvalue weighted by Crippen LogP contribution is 2.30. The zero-order chi connectivity index (χ0) is 17.8. The molecule has 0 saturated carbocycles. The monoisotopic (exact) mass is 361 g/mol. The highest BCUT2D eigenvalue weighted by molar-refractivity contribution is 6.30. The summed E-state index contributed by atoms with van der Waals surface area (Å²) in [6, 6.07) is 12.5. The van der Waals surface area contributed by atoms with Gasteiger partial charge in [0.15, 0.2) is 0 Å². The SMILES string of the molecule is COc1ccc2c(c1)CC(C(=O)NC[C@H](O)c1cccc(Cl)c1)CO2. The highest BCUT2D eigenvalue weighted by Gasteiger charge is 2.26. The van der Waals surface area contributed by atoms with E-state index >= 15 is 0 Å². The van der Waals surface area contributed by atoms with Gasteiger partial charge in [0.1, 0.15) is 18.1 Å². The van der Waals surface area contributed by atoms with Crippen molar-refractivity contribution in [3.63, 3.8) is 0 Å². The van der Waals surface area contributed by atoms with Gasteiger partial charge >= 0.3 is 0 Å². The van der Waals surface area contributed by atoms with Gasteiger partial charge in [0, 0.05) is 11.6 Å². The topological polar surface area (TPSA) is 67.8 Å². The number of carbonyl (C=O) groups excluding carboxylic acids is 1. The number of hydrogen-bond acceptors (Lipinski definition) is 4. The van der Waals surface area contributed by atoms with Crippen molar-refractivity contribution in [3.8, 4) is 11.5 Å². The van der Waals surface area contributed by atoms with Crippen LogP contribution in [0.25, 0.3) is 0 Å². The van der Waals surface area contributed by atoms with E-state index < -0.39 is 6.10 Å². The van der Waals surface area contributed by atoms with Gasteiger partial charge in [0.25, 0.3) is 0 Å². The Balaban J connectivity index is 1.58. The van der Waals surface area contributed by atoms with Gasteiger partial charge in [-0.2, -0.15) is 0 Å². The van der Waals surface area contributed by atoms with Crippen LogP contribution in [0.3, 0.4) is 0 Å². The summed E-state index contributed by atoms with van der Waals surface area (Å²) in [5.41, 5.74) is 1.61. The van der Waals surface area contributed by atoms with Crippen molar-refractivity contribution in [2.45, 2.75) is 12.5 Å². The molecule has 1 amide bonds. The lowest BCUT2D eigenvalue weighted by Gasteiger charge is -2.25. The van der Waals surface area contributed by atoms with Crippen LogP contribution in [0.5, 0.6) is 11.5 Å². The number of ether oxygens (including phenoxy) is 2. The minimum atomic E-state index is -0.806. The molecule has 0 radical (unpaired) electrons. The molecular weight excluding hydrogens is 342 g/mol. The Morgan fingerprint density at radius 2 is 2.24 bits per heavy atom. The average Bonchev–Trinajstić information content (AvgIpc) is 2.64. The molecule has 1 heterocycles. The summed E-state index contributed by atoms with van der Waals surface area (Å²) in [6.07, 6.45) is -0.231. The third-order valence-corrected chi connectivity index (χ3v) is 4.48. The number of fused-ring (bicyclic) bond motifs is 1. The second kappa shape index (κ2) is 7.76. The van der Waals surface area contributed by atoms with Crippen LogP contribution in [0.4, 0.5) is 0 Å². The minimum absolute atomic E-state index is 0.126. The van der Waals surface area contributed by atoms with Crippen LogP contribution in [0, 0.1) is 5.92 Å². The van der Waals surface area contributed by atoms with Crippen molar-refractivity contribution in [2.24, 2.45) is 5.92 Å². The molecule has 5 nitrogen and oxygen atoms in total. The molecule has 0 aliphatic carbocycles. The Kier molecular flexibility index (Phi) is 5.46. The number of hydrogen-bond donors (Lipinski definition) is 2. The Hall–Kier alpha value is -2.24. The van der Waals surface area contributed by atoms with Crippen LogP contribution in [0.2, 0.25) is 5.02 Å². The number of aliphatic hydroxyl groups excluding tert-OH is 1. The minimum Gasteiger partial charge on any atom is -0.497 e. The fourth-order valence-corrected chi connectivity index (χ4v) is 3.04. The second-order valence-electron chi connectivity index (χ2n) is 6.00. The lowest BCUT2D eigenvalue weighted by atomic mass is 9.95. The molecule has 0 bridgehead atoms. The summed E-state index contributed by atoms with van der Waals surface area (Å²) in [4.78, 5) is 12.4. The van der Waals surface area contributed by atoms with Crippen molar-refractivity contribution in [1.29, 1.82) is 0 Å². The molecule has 132 valence electrons. The number of methoxy groups -OCH3 is 1. The van der Waals surface area contributed by atoms with Crippen LogP contribution in [-0.4, -0.2) is 31.3 Å². The molecule has 0 saturated heterocycles. The van der Waals surface area contributed by atoms with Crippen molar-refractivity contribution in [1.82, 2.24) is 5.32 Å². The summed E-state index contributed by atoms with van der Waals surface area (Å²) < 4.78 is 10.9. The Morgan fingerprint density at radius 1 is 1.40 bits per heavy atom. The first-order chi connectivity index (χ1) is 12.1. The predicted octanol–water partition coefficient (Wildman–Crippen LogP) is 2.75. The van der Waals surface area contributed by atoms with Crippen LogP contribution in [-0.2, 0) is 11.2 Å². The fourth-order valence-electron chi connectivity index (χ4n) is 2.84. The molecule has 1 aliphatic rings. The van der Waals surface area contributed by atoms with Gasteiger partial charge in [-0.05, 0) is 47.9 Å². The maximum atomic E-state index is 12.4. The van der Waals surface area contributed by atoms with Crippen LogP contribution in [0.15, 0.2) is 42.5 Å². The molecule has 6 heteroatoms. The van der Waals surface area contributed by atoms with E-state index in [1.807, 2.05) is 18.2 Å². The number of aliphatic hydroxyl groups is 1. The zero-order valence-corrected chi connectivity index (χ0v) is 14.6. The third kappa shape index (κ3) is 4.24. The van der Waals surface area contributed by atoms with E-state index in [1.165, 1.54) is 0 Å². The number of nitrogens with one attached hydrogen (secondary N) is 1. The lowest BCUT2D eigenvalue weighted by Crippen LogP contribution is -2.39. The molecule has 0 spiro atoms. The summed E-state index contributed by atoms with van der Waals surface area (Å²) in [5.74, 6) is 1.07. The molecule has 1 unspecified atom stereocenters. The summed E-state index contributed by atoms with van der Waals surface area (Å²) in [7, 11) is 1.60. The largest absolute Gasteiger partial charge is 0.497 e. The van der Waals surface area contributed by atoms with Crippen molar-refractivity contribution >= 4 is 17.5 Å². The van der Waals surface area contributed by atoms with E-state index in [9.17, 15) is 9.90 Å². The Morgan fingerprint density at radius 3 is 3.00 bits per heavy atom. The van der Waals surface area contributed by atoms with Crippen molar-refractivity contribution < 1.29 is 19.4 Å². The van der Waals surface area contributed by atoms with Gasteiger partial charge in [-0.15, -0.1) is 0 Å². The van der Waals surface area contributed by atoms with Gasteiger partial charge in [-0.1, -0.05) is 23.7 Å². The maximum Gasteiger partial charge on any atom is 0.226 e. The van der Waals surface area contributed by atoms with Gasteiger partial charge in [0.05, 0.1) is 19.1 Å². The lowest BCUT2D eigenvalue weighted by molar-refractivity contribution is -0.126. The molecule has 3 rings (SSSR count). The number of amides is 1. The average molecular weight is 362 g/mol. The van der Waals surface area contributed by atoms with Gasteiger partial charge in [-0.25, -0.2) is 0 Å². The number of rotatable bonds is 5. The Bertz CT molecular complexity index is 765. The maximum absolute atomic E-state index is 12.4. The molecular formula is C19H20ClNO4. The van der Waals surface area contributed by atoms with E-state index in [4.69, 9.17) is 21.1 Å². The Labute approximate surface area is 151 Å². The number of benzene rings is 2. The van der Waals surface area contributed by atoms with Crippen LogP contribution in [0.1, 0.15) is 17.2 Å². The van der Waals surface area contributed by atoms with Gasteiger partial charge in [-0.3, -0.25) is 4.79 Å². The normalized spacial score (nSPS) is 17.2. The molecule has 25 heavy (non-hydrogen) atoms. The van der Waals surface area contributed by atoms with E-state index in [0.717, 1.165) is 17.1 Å². The quantitative estimate of drug-likeness (QED) is 0.859. The molecule has 0 aromatic heterocycles. The smallest absolute Gasteiger partial charge is 0.226 e. The second-order valence-corrected chi connectivity index (χ2v) is 6.44. The zero-order valence-electron chi connectivity index (χ0n) is 13.9. The molecule has 0 fully saturated rings. The predicted molar refractivity (Wildman–Crippen MR) is 95.1 cm³/mol. The molecule has 2 aromatic carbocycles. The van der Waals surface area contributed by atoms with E-state index in [-0.39, 0.29) is 18.4 Å². The first-order valence-electron chi connectivity index (χ1n) is 8.08. The van der Waals surface area contributed by atoms with Gasteiger partial charge in [0.2, 0.25) is 5.91 Å². The molecule has 2 aromatic rings. The summed E-state index contributed by atoms with van der Waals surface area (Å²) >= 11 is 5.92. The molecule has 1 aliphatic heterocycles. The first kappa shape index (κ1) is 17.6. The van der Waals surface area contributed by atoms with Crippen LogP contribution >= 0.6 is 11.6 Å².